The Morgan fingerprint density at radius 3 is 2.44 bits per heavy atom. The largest absolute Gasteiger partial charge is 0.344 e. The number of nitrogens with one attached hydrogen (secondary N) is 1. The molecule has 0 aromatic heterocycles. The quantitative estimate of drug-likeness (QED) is 0.700. The lowest BCUT2D eigenvalue weighted by Crippen LogP contribution is -2.53. The summed E-state index contributed by atoms with van der Waals surface area (Å²) in [7, 11) is 0. The lowest BCUT2D eigenvalue weighted by Gasteiger charge is -2.35. The van der Waals surface area contributed by atoms with Crippen LogP contribution in [0, 0.1) is 0 Å². The summed E-state index contributed by atoms with van der Waals surface area (Å²) in [6, 6.07) is -0.336. The molecule has 0 aromatic rings. The molecule has 0 bridgehead atoms. The van der Waals surface area contributed by atoms with Crippen molar-refractivity contribution < 1.29 is 14.4 Å². The zero-order valence-corrected chi connectivity index (χ0v) is 10.6. The monoisotopic (exact) mass is 253 g/mol. The Balaban J connectivity index is 1.80. The Labute approximate surface area is 106 Å². The van der Waals surface area contributed by atoms with Gasteiger partial charge >= 0.3 is 0 Å². The number of hydrogen-bond acceptors (Lipinski definition) is 4. The summed E-state index contributed by atoms with van der Waals surface area (Å²) < 4.78 is 0. The Kier molecular flexibility index (Phi) is 3.96. The van der Waals surface area contributed by atoms with E-state index in [1.54, 1.807) is 11.8 Å². The number of carbonyl (C=O) groups is 3. The third-order valence-electron chi connectivity index (χ3n) is 3.42. The van der Waals surface area contributed by atoms with Crippen molar-refractivity contribution in [2.45, 2.75) is 25.8 Å². The smallest absolute Gasteiger partial charge is 0.245 e. The second-order valence-corrected chi connectivity index (χ2v) is 4.96. The van der Waals surface area contributed by atoms with Crippen LogP contribution in [-0.4, -0.2) is 66.2 Å². The van der Waals surface area contributed by atoms with Gasteiger partial charge in [0.15, 0.2) is 0 Å². The van der Waals surface area contributed by atoms with E-state index in [1.165, 1.54) is 0 Å². The molecule has 0 radical (unpaired) electrons. The molecule has 2 saturated heterocycles. The molecule has 6 heteroatoms. The summed E-state index contributed by atoms with van der Waals surface area (Å²) >= 11 is 0. The molecule has 2 fully saturated rings. The molecule has 0 saturated carbocycles. The minimum absolute atomic E-state index is 0.0170. The average molecular weight is 253 g/mol. The van der Waals surface area contributed by atoms with Crippen LogP contribution in [0.1, 0.15) is 19.8 Å². The number of Topliss-reactive ketones (excluding diaryl/α,β-unsaturated/α-hetero) is 1. The van der Waals surface area contributed by atoms with E-state index < -0.39 is 0 Å². The average Bonchev–Trinajstić information content (AvgIpc) is 2.75. The van der Waals surface area contributed by atoms with Crippen molar-refractivity contribution in [3.8, 4) is 0 Å². The summed E-state index contributed by atoms with van der Waals surface area (Å²) in [4.78, 5) is 38.0. The topological polar surface area (TPSA) is 69.7 Å². The van der Waals surface area contributed by atoms with E-state index in [0.717, 1.165) is 13.1 Å². The Morgan fingerprint density at radius 2 is 1.94 bits per heavy atom. The van der Waals surface area contributed by atoms with Gasteiger partial charge in [0.1, 0.15) is 11.8 Å². The molecule has 2 aliphatic rings. The molecule has 18 heavy (non-hydrogen) atoms. The van der Waals surface area contributed by atoms with E-state index in [2.05, 4.69) is 10.2 Å². The molecule has 2 rings (SSSR count). The van der Waals surface area contributed by atoms with Gasteiger partial charge < -0.3 is 10.2 Å². The maximum absolute atomic E-state index is 12.1. The number of piperazine rings is 1. The van der Waals surface area contributed by atoms with Gasteiger partial charge in [-0.3, -0.25) is 19.3 Å². The first kappa shape index (κ1) is 13.0. The molecule has 1 unspecified atom stereocenters. The van der Waals surface area contributed by atoms with Crippen LogP contribution >= 0.6 is 0 Å². The zero-order valence-electron chi connectivity index (χ0n) is 10.6. The molecule has 6 nitrogen and oxygen atoms in total. The van der Waals surface area contributed by atoms with Crippen LogP contribution in [0.5, 0.6) is 0 Å². The number of nitrogens with zero attached hydrogens (tertiary/aromatic N) is 2. The third-order valence-corrected chi connectivity index (χ3v) is 3.42. The molecule has 2 amide bonds. The van der Waals surface area contributed by atoms with E-state index in [4.69, 9.17) is 0 Å². The van der Waals surface area contributed by atoms with Crippen LogP contribution in [0.15, 0.2) is 0 Å². The van der Waals surface area contributed by atoms with Gasteiger partial charge in [0, 0.05) is 32.6 Å². The third kappa shape index (κ3) is 3.07. The molecular weight excluding hydrogens is 234 g/mol. The number of amides is 2. The van der Waals surface area contributed by atoms with Gasteiger partial charge in [0.25, 0.3) is 0 Å². The predicted octanol–water partition coefficient (Wildman–Crippen LogP) is -1.00. The highest BCUT2D eigenvalue weighted by atomic mass is 16.2. The maximum Gasteiger partial charge on any atom is 0.245 e. The van der Waals surface area contributed by atoms with E-state index in [1.807, 2.05) is 0 Å². The fourth-order valence-corrected chi connectivity index (χ4v) is 2.46. The summed E-state index contributed by atoms with van der Waals surface area (Å²) in [5.74, 6) is 0.129. The first-order valence-electron chi connectivity index (χ1n) is 6.36. The number of hydrogen-bond donors (Lipinski definition) is 1. The summed E-state index contributed by atoms with van der Waals surface area (Å²) in [6.07, 6.45) is 1.05. The Bertz CT molecular complexity index is 362. The SMILES string of the molecule is CC(=O)CN1CCN(C(=O)C2CCC(=O)N2)CC1. The minimum Gasteiger partial charge on any atom is -0.344 e. The molecule has 0 aromatic carbocycles. The molecule has 1 N–H and O–H groups in total. The fraction of sp³-hybridized carbons (Fsp3) is 0.750. The molecule has 100 valence electrons. The molecule has 0 aliphatic carbocycles. The fourth-order valence-electron chi connectivity index (χ4n) is 2.46. The van der Waals surface area contributed by atoms with Gasteiger partial charge in [-0.15, -0.1) is 0 Å². The number of rotatable bonds is 3. The lowest BCUT2D eigenvalue weighted by molar-refractivity contribution is -0.136. The van der Waals surface area contributed by atoms with Gasteiger partial charge in [-0.1, -0.05) is 0 Å². The van der Waals surface area contributed by atoms with Crippen molar-refractivity contribution in [1.29, 1.82) is 0 Å². The summed E-state index contributed by atoms with van der Waals surface area (Å²) in [6.45, 7) is 4.77. The minimum atomic E-state index is -0.336. The van der Waals surface area contributed by atoms with Gasteiger partial charge in [-0.05, 0) is 13.3 Å². The molecule has 2 heterocycles. The first-order chi connectivity index (χ1) is 8.56. The van der Waals surface area contributed by atoms with E-state index in [0.29, 0.717) is 32.5 Å². The van der Waals surface area contributed by atoms with E-state index in [-0.39, 0.29) is 23.6 Å². The van der Waals surface area contributed by atoms with Crippen molar-refractivity contribution in [2.75, 3.05) is 32.7 Å². The Hall–Kier alpha value is -1.43. The van der Waals surface area contributed by atoms with Gasteiger partial charge in [-0.2, -0.15) is 0 Å². The van der Waals surface area contributed by atoms with Gasteiger partial charge in [-0.25, -0.2) is 0 Å². The normalized spacial score (nSPS) is 25.1. The molecule has 0 spiro atoms. The van der Waals surface area contributed by atoms with Crippen molar-refractivity contribution in [1.82, 2.24) is 15.1 Å². The van der Waals surface area contributed by atoms with E-state index in [9.17, 15) is 14.4 Å². The van der Waals surface area contributed by atoms with Gasteiger partial charge in [0.05, 0.1) is 6.54 Å². The maximum atomic E-state index is 12.1. The van der Waals surface area contributed by atoms with Crippen LogP contribution < -0.4 is 5.32 Å². The Morgan fingerprint density at radius 1 is 1.28 bits per heavy atom. The highest BCUT2D eigenvalue weighted by molar-refractivity contribution is 5.90. The van der Waals surface area contributed by atoms with Crippen LogP contribution in [0.4, 0.5) is 0 Å². The van der Waals surface area contributed by atoms with Crippen molar-refractivity contribution >= 4 is 17.6 Å². The number of ketones is 1. The molecular formula is C12H19N3O3. The summed E-state index contributed by atoms with van der Waals surface area (Å²) in [5, 5.41) is 2.70. The second kappa shape index (κ2) is 5.48. The first-order valence-corrected chi connectivity index (χ1v) is 6.36. The molecule has 2 aliphatic heterocycles. The van der Waals surface area contributed by atoms with Crippen molar-refractivity contribution in [3.05, 3.63) is 0 Å². The zero-order chi connectivity index (χ0) is 13.1. The molecule has 1 atom stereocenters. The highest BCUT2D eigenvalue weighted by Crippen LogP contribution is 2.11. The highest BCUT2D eigenvalue weighted by Gasteiger charge is 2.32. The lowest BCUT2D eigenvalue weighted by atomic mass is 10.2. The second-order valence-electron chi connectivity index (χ2n) is 4.96. The van der Waals surface area contributed by atoms with Crippen LogP contribution in [-0.2, 0) is 14.4 Å². The van der Waals surface area contributed by atoms with Crippen LogP contribution in [0.25, 0.3) is 0 Å². The van der Waals surface area contributed by atoms with E-state index >= 15 is 0 Å². The number of carbonyl (C=O) groups excluding carboxylic acids is 3. The predicted molar refractivity (Wildman–Crippen MR) is 64.9 cm³/mol. The standard InChI is InChI=1S/C12H19N3O3/c1-9(16)8-14-4-6-15(7-5-14)12(18)10-2-3-11(17)13-10/h10H,2-8H2,1H3,(H,13,17). The van der Waals surface area contributed by atoms with Crippen molar-refractivity contribution in [2.24, 2.45) is 0 Å². The van der Waals surface area contributed by atoms with Gasteiger partial charge in [0.2, 0.25) is 11.8 Å². The van der Waals surface area contributed by atoms with Crippen LogP contribution in [0.2, 0.25) is 0 Å². The van der Waals surface area contributed by atoms with Crippen molar-refractivity contribution in [3.63, 3.8) is 0 Å². The van der Waals surface area contributed by atoms with Crippen LogP contribution in [0.3, 0.4) is 0 Å². The summed E-state index contributed by atoms with van der Waals surface area (Å²) in [5.41, 5.74) is 0.